The molecule has 7 heteroatoms. The van der Waals surface area contributed by atoms with Crippen LogP contribution < -0.4 is 4.74 Å². The number of hydrogen-bond donors (Lipinski definition) is 0. The third kappa shape index (κ3) is 6.12. The number of rotatable bonds is 6. The molecule has 1 saturated carbocycles. The van der Waals surface area contributed by atoms with E-state index in [0.29, 0.717) is 6.10 Å². The summed E-state index contributed by atoms with van der Waals surface area (Å²) in [7, 11) is 0. The first-order valence-electron chi connectivity index (χ1n) is 9.74. The molecule has 1 aliphatic carbocycles. The Bertz CT molecular complexity index is 572. The van der Waals surface area contributed by atoms with Gasteiger partial charge in [0.2, 0.25) is 0 Å². The Labute approximate surface area is 180 Å². The van der Waals surface area contributed by atoms with Crippen molar-refractivity contribution in [2.45, 2.75) is 38.3 Å². The highest BCUT2D eigenvalue weighted by Gasteiger charge is 2.33. The molecule has 3 fully saturated rings. The number of morpholine rings is 1. The summed E-state index contributed by atoms with van der Waals surface area (Å²) in [4.78, 5) is 5.00. The van der Waals surface area contributed by atoms with Crippen LogP contribution in [0.15, 0.2) is 18.2 Å². The van der Waals surface area contributed by atoms with Gasteiger partial charge < -0.3 is 9.47 Å². The van der Waals surface area contributed by atoms with Crippen LogP contribution in [0.5, 0.6) is 5.75 Å². The van der Waals surface area contributed by atoms with E-state index in [4.69, 9.17) is 21.1 Å². The van der Waals surface area contributed by atoms with Crippen molar-refractivity contribution in [2.75, 3.05) is 45.9 Å². The smallest absolute Gasteiger partial charge is 0.138 e. The maximum Gasteiger partial charge on any atom is 0.138 e. The van der Waals surface area contributed by atoms with Crippen LogP contribution in [0.4, 0.5) is 0 Å². The Morgan fingerprint density at radius 3 is 2.41 bits per heavy atom. The van der Waals surface area contributed by atoms with E-state index in [9.17, 15) is 0 Å². The molecule has 0 bridgehead atoms. The summed E-state index contributed by atoms with van der Waals surface area (Å²) < 4.78 is 11.6. The summed E-state index contributed by atoms with van der Waals surface area (Å²) in [5.74, 6) is 1.63. The quantitative estimate of drug-likeness (QED) is 0.663. The number of halogens is 3. The summed E-state index contributed by atoms with van der Waals surface area (Å²) >= 11 is 6.63. The van der Waals surface area contributed by atoms with Gasteiger partial charge >= 0.3 is 0 Å². The van der Waals surface area contributed by atoms with E-state index in [1.165, 1.54) is 38.0 Å². The fourth-order valence-corrected chi connectivity index (χ4v) is 4.43. The highest BCUT2D eigenvalue weighted by atomic mass is 35.5. The third-order valence-corrected chi connectivity index (χ3v) is 6.17. The minimum absolute atomic E-state index is 0. The van der Waals surface area contributed by atoms with E-state index in [1.807, 2.05) is 6.07 Å². The zero-order valence-corrected chi connectivity index (χ0v) is 18.2. The van der Waals surface area contributed by atoms with Gasteiger partial charge in [0.25, 0.3) is 0 Å². The lowest BCUT2D eigenvalue weighted by atomic mass is 9.81. The second-order valence-electron chi connectivity index (χ2n) is 7.70. The molecular formula is C20H31Cl3N2O2. The standard InChI is InChI=1S/C20H29ClN2O2.2ClH/c21-20-17(15-22-6-1-2-7-22)4-3-5-19(20)25-18-12-16(13-18)14-23-8-10-24-11-9-23;;/h3-5,16,18H,1-2,6-15H2;2*1H/t16-,18-;;. The minimum atomic E-state index is 0. The van der Waals surface area contributed by atoms with Crippen molar-refractivity contribution in [1.82, 2.24) is 9.80 Å². The lowest BCUT2D eigenvalue weighted by molar-refractivity contribution is 0.000137. The molecule has 0 aromatic heterocycles. The van der Waals surface area contributed by atoms with Crippen molar-refractivity contribution in [2.24, 2.45) is 5.92 Å². The maximum absolute atomic E-state index is 6.63. The Morgan fingerprint density at radius 2 is 1.70 bits per heavy atom. The van der Waals surface area contributed by atoms with E-state index in [1.54, 1.807) is 0 Å². The summed E-state index contributed by atoms with van der Waals surface area (Å²) in [5, 5.41) is 0.811. The van der Waals surface area contributed by atoms with Gasteiger partial charge in [0.05, 0.1) is 24.3 Å². The molecule has 3 aliphatic rings. The van der Waals surface area contributed by atoms with Gasteiger partial charge in [-0.25, -0.2) is 0 Å². The maximum atomic E-state index is 6.63. The highest BCUT2D eigenvalue weighted by Crippen LogP contribution is 2.36. The molecule has 0 atom stereocenters. The van der Waals surface area contributed by atoms with Crippen molar-refractivity contribution in [3.05, 3.63) is 28.8 Å². The van der Waals surface area contributed by atoms with Gasteiger partial charge in [-0.1, -0.05) is 23.7 Å². The van der Waals surface area contributed by atoms with E-state index in [-0.39, 0.29) is 24.8 Å². The van der Waals surface area contributed by atoms with Gasteiger partial charge in [0.1, 0.15) is 5.75 Å². The minimum Gasteiger partial charge on any atom is -0.489 e. The Morgan fingerprint density at radius 1 is 1.00 bits per heavy atom. The number of hydrogen-bond acceptors (Lipinski definition) is 4. The van der Waals surface area contributed by atoms with Crippen LogP contribution in [-0.2, 0) is 11.3 Å². The first-order chi connectivity index (χ1) is 12.3. The van der Waals surface area contributed by atoms with Crippen molar-refractivity contribution < 1.29 is 9.47 Å². The molecule has 1 aromatic rings. The van der Waals surface area contributed by atoms with Crippen LogP contribution in [0.1, 0.15) is 31.2 Å². The Balaban J connectivity index is 0.00000131. The SMILES string of the molecule is Cl.Cl.Clc1c(CN2CCCC2)cccc1O[C@H]1C[C@H](CN2CCOCC2)C1. The zero-order chi connectivity index (χ0) is 17.1. The highest BCUT2D eigenvalue weighted by molar-refractivity contribution is 6.32. The molecular weight excluding hydrogens is 407 g/mol. The average molecular weight is 438 g/mol. The molecule has 2 aliphatic heterocycles. The number of ether oxygens (including phenoxy) is 2. The van der Waals surface area contributed by atoms with Gasteiger partial charge in [0, 0.05) is 26.2 Å². The molecule has 4 nitrogen and oxygen atoms in total. The molecule has 0 N–H and O–H groups in total. The van der Waals surface area contributed by atoms with Crippen LogP contribution in [0.25, 0.3) is 0 Å². The van der Waals surface area contributed by atoms with Crippen molar-refractivity contribution >= 4 is 36.4 Å². The molecule has 154 valence electrons. The summed E-state index contributed by atoms with van der Waals surface area (Å²) in [5.41, 5.74) is 1.20. The van der Waals surface area contributed by atoms with Crippen LogP contribution in [-0.4, -0.2) is 61.8 Å². The van der Waals surface area contributed by atoms with Crippen LogP contribution in [0.2, 0.25) is 5.02 Å². The molecule has 4 rings (SSSR count). The molecule has 1 aromatic carbocycles. The lowest BCUT2D eigenvalue weighted by Crippen LogP contribution is -2.45. The van der Waals surface area contributed by atoms with Crippen molar-refractivity contribution in [3.63, 3.8) is 0 Å². The Kier molecular flexibility index (Phi) is 9.46. The predicted octanol–water partition coefficient (Wildman–Crippen LogP) is 4.27. The second-order valence-corrected chi connectivity index (χ2v) is 8.08. The summed E-state index contributed by atoms with van der Waals surface area (Å²) in [6.45, 7) is 8.42. The molecule has 27 heavy (non-hydrogen) atoms. The molecule has 0 amide bonds. The first kappa shape index (κ1) is 23.1. The predicted molar refractivity (Wildman–Crippen MR) is 115 cm³/mol. The molecule has 2 heterocycles. The first-order valence-corrected chi connectivity index (χ1v) is 10.1. The molecule has 0 radical (unpaired) electrons. The van der Waals surface area contributed by atoms with E-state index in [2.05, 4.69) is 21.9 Å². The van der Waals surface area contributed by atoms with Gasteiger partial charge in [-0.05, 0) is 56.3 Å². The fraction of sp³-hybridized carbons (Fsp3) is 0.700. The number of benzene rings is 1. The van der Waals surface area contributed by atoms with Crippen molar-refractivity contribution in [1.29, 1.82) is 0 Å². The largest absolute Gasteiger partial charge is 0.489 e. The summed E-state index contributed by atoms with van der Waals surface area (Å²) in [6.07, 6.45) is 5.22. The molecule has 0 unspecified atom stereocenters. The fourth-order valence-electron chi connectivity index (χ4n) is 4.20. The van der Waals surface area contributed by atoms with Crippen LogP contribution in [0.3, 0.4) is 0 Å². The number of likely N-dealkylation sites (tertiary alicyclic amines) is 1. The monoisotopic (exact) mass is 436 g/mol. The van der Waals surface area contributed by atoms with E-state index < -0.39 is 0 Å². The lowest BCUT2D eigenvalue weighted by Gasteiger charge is -2.39. The van der Waals surface area contributed by atoms with Gasteiger partial charge in [-0.2, -0.15) is 0 Å². The van der Waals surface area contributed by atoms with Crippen LogP contribution >= 0.6 is 36.4 Å². The van der Waals surface area contributed by atoms with Gasteiger partial charge in [-0.3, -0.25) is 9.80 Å². The number of nitrogens with zero attached hydrogens (tertiary/aromatic N) is 2. The van der Waals surface area contributed by atoms with Gasteiger partial charge in [-0.15, -0.1) is 24.8 Å². The van der Waals surface area contributed by atoms with E-state index in [0.717, 1.165) is 62.4 Å². The van der Waals surface area contributed by atoms with Crippen molar-refractivity contribution in [3.8, 4) is 5.75 Å². The molecule has 0 spiro atoms. The summed E-state index contributed by atoms with van der Waals surface area (Å²) in [6, 6.07) is 6.23. The average Bonchev–Trinajstić information content (AvgIpc) is 3.10. The van der Waals surface area contributed by atoms with E-state index >= 15 is 0 Å². The van der Waals surface area contributed by atoms with Gasteiger partial charge in [0.15, 0.2) is 0 Å². The Hall–Kier alpha value is -0.230. The second kappa shape index (κ2) is 11.1. The van der Waals surface area contributed by atoms with Crippen LogP contribution in [0, 0.1) is 5.92 Å². The molecule has 2 saturated heterocycles. The third-order valence-electron chi connectivity index (χ3n) is 5.74. The normalized spacial score (nSPS) is 26.0. The zero-order valence-electron chi connectivity index (χ0n) is 15.8. The topological polar surface area (TPSA) is 24.9 Å².